The Morgan fingerprint density at radius 3 is 2.80 bits per heavy atom. The van der Waals surface area contributed by atoms with E-state index in [9.17, 15) is 9.59 Å². The number of nitrogens with one attached hydrogen (secondary N) is 2. The Balaban J connectivity index is 1.28. The van der Waals surface area contributed by atoms with Crippen molar-refractivity contribution >= 4 is 34.3 Å². The number of hydrogen-bond donors (Lipinski definition) is 2. The van der Waals surface area contributed by atoms with Crippen molar-refractivity contribution in [1.82, 2.24) is 15.8 Å². The van der Waals surface area contributed by atoms with Crippen LogP contribution in [0.2, 0.25) is 0 Å². The lowest BCUT2D eigenvalue weighted by atomic mass is 9.72. The van der Waals surface area contributed by atoms with Gasteiger partial charge in [-0.1, -0.05) is 32.9 Å². The van der Waals surface area contributed by atoms with Crippen LogP contribution in [0.1, 0.15) is 59.6 Å². The minimum Gasteiger partial charge on any atom is -0.441 e. The maximum Gasteiger partial charge on any atom is 0.279 e. The number of para-hydroxylation sites is 2. The molecule has 1 aliphatic rings. The Morgan fingerprint density at radius 2 is 2.03 bits per heavy atom. The summed E-state index contributed by atoms with van der Waals surface area (Å²) in [7, 11) is 0. The van der Waals surface area contributed by atoms with E-state index in [1.807, 2.05) is 30.3 Å². The van der Waals surface area contributed by atoms with Gasteiger partial charge < -0.3 is 4.42 Å². The van der Waals surface area contributed by atoms with Gasteiger partial charge in [0.05, 0.1) is 4.88 Å². The number of carbonyl (C=O) groups is 2. The van der Waals surface area contributed by atoms with Crippen LogP contribution in [0.3, 0.4) is 0 Å². The summed E-state index contributed by atoms with van der Waals surface area (Å²) in [6.07, 6.45) is 3.75. The zero-order valence-corrected chi connectivity index (χ0v) is 18.4. The first kappa shape index (κ1) is 20.6. The molecule has 158 valence electrons. The molecule has 6 nitrogen and oxygen atoms in total. The highest BCUT2D eigenvalue weighted by Crippen LogP contribution is 2.40. The molecule has 0 spiro atoms. The van der Waals surface area contributed by atoms with Crippen LogP contribution in [0, 0.1) is 11.3 Å². The van der Waals surface area contributed by atoms with E-state index in [1.165, 1.54) is 21.8 Å². The summed E-state index contributed by atoms with van der Waals surface area (Å²) in [6, 6.07) is 9.47. The molecule has 2 N–H and O–H groups in total. The lowest BCUT2D eigenvalue weighted by Gasteiger charge is -2.33. The van der Waals surface area contributed by atoms with E-state index >= 15 is 0 Å². The minimum atomic E-state index is -0.278. The molecule has 1 aromatic carbocycles. The smallest absolute Gasteiger partial charge is 0.279 e. The van der Waals surface area contributed by atoms with E-state index < -0.39 is 0 Å². The molecule has 0 unspecified atom stereocenters. The summed E-state index contributed by atoms with van der Waals surface area (Å²) >= 11 is 1.53. The largest absolute Gasteiger partial charge is 0.441 e. The van der Waals surface area contributed by atoms with Gasteiger partial charge in [-0.15, -0.1) is 11.3 Å². The first-order valence-electron chi connectivity index (χ1n) is 10.3. The van der Waals surface area contributed by atoms with Gasteiger partial charge in [0.25, 0.3) is 5.91 Å². The normalized spacial score (nSPS) is 16.3. The summed E-state index contributed by atoms with van der Waals surface area (Å²) in [5.41, 5.74) is 8.06. The maximum absolute atomic E-state index is 12.5. The van der Waals surface area contributed by atoms with E-state index in [4.69, 9.17) is 4.42 Å². The molecular weight excluding hydrogens is 398 g/mol. The van der Waals surface area contributed by atoms with Crippen molar-refractivity contribution in [3.63, 3.8) is 0 Å². The Kier molecular flexibility index (Phi) is 5.64. The molecular formula is C23H27N3O3S. The van der Waals surface area contributed by atoms with Crippen LogP contribution in [0.4, 0.5) is 0 Å². The molecule has 7 heteroatoms. The van der Waals surface area contributed by atoms with Crippen molar-refractivity contribution in [2.45, 2.75) is 52.9 Å². The van der Waals surface area contributed by atoms with Crippen molar-refractivity contribution < 1.29 is 14.0 Å². The SMILES string of the molecule is CC(C)(C)[C@H]1CCc2sc(C(=O)NNC(=O)CCc3nc4ccccc4o3)cc2C1. The molecule has 2 aromatic heterocycles. The van der Waals surface area contributed by atoms with E-state index in [2.05, 4.69) is 36.6 Å². The lowest BCUT2D eigenvalue weighted by Crippen LogP contribution is -2.41. The molecule has 0 bridgehead atoms. The fourth-order valence-electron chi connectivity index (χ4n) is 3.87. The zero-order valence-electron chi connectivity index (χ0n) is 17.6. The van der Waals surface area contributed by atoms with Gasteiger partial charge in [-0.3, -0.25) is 20.4 Å². The average Bonchev–Trinajstić information content (AvgIpc) is 3.32. The molecule has 0 fully saturated rings. The van der Waals surface area contributed by atoms with Crippen molar-refractivity contribution in [1.29, 1.82) is 0 Å². The number of hydrogen-bond acceptors (Lipinski definition) is 5. The van der Waals surface area contributed by atoms with E-state index in [0.29, 0.717) is 28.7 Å². The summed E-state index contributed by atoms with van der Waals surface area (Å²) in [5.74, 6) is 0.593. The van der Waals surface area contributed by atoms with Gasteiger partial charge in [0, 0.05) is 17.7 Å². The number of thiophene rings is 1. The van der Waals surface area contributed by atoms with Crippen LogP contribution in [0.5, 0.6) is 0 Å². The lowest BCUT2D eigenvalue weighted by molar-refractivity contribution is -0.121. The van der Waals surface area contributed by atoms with Crippen molar-refractivity contribution in [2.24, 2.45) is 11.3 Å². The molecule has 2 amide bonds. The Labute approximate surface area is 180 Å². The first-order valence-corrected chi connectivity index (χ1v) is 11.2. The number of hydrazine groups is 1. The van der Waals surface area contributed by atoms with Gasteiger partial charge in [-0.2, -0.15) is 0 Å². The maximum atomic E-state index is 12.5. The molecule has 4 rings (SSSR count). The summed E-state index contributed by atoms with van der Waals surface area (Å²) in [5, 5.41) is 0. The van der Waals surface area contributed by atoms with Crippen LogP contribution >= 0.6 is 11.3 Å². The molecule has 0 radical (unpaired) electrons. The molecule has 0 saturated carbocycles. The third-order valence-corrected chi connectivity index (χ3v) is 6.99. The second-order valence-electron chi connectivity index (χ2n) is 8.94. The molecule has 0 saturated heterocycles. The van der Waals surface area contributed by atoms with Crippen molar-refractivity contribution in [3.05, 3.63) is 51.5 Å². The summed E-state index contributed by atoms with van der Waals surface area (Å²) in [6.45, 7) is 6.83. The third-order valence-electron chi connectivity index (χ3n) is 5.75. The number of aryl methyl sites for hydroxylation is 2. The molecule has 0 aliphatic heterocycles. The van der Waals surface area contributed by atoms with Gasteiger partial charge in [0.15, 0.2) is 11.5 Å². The van der Waals surface area contributed by atoms with Gasteiger partial charge in [0.2, 0.25) is 5.91 Å². The third kappa shape index (κ3) is 4.56. The molecule has 30 heavy (non-hydrogen) atoms. The predicted molar refractivity (Wildman–Crippen MR) is 117 cm³/mol. The second-order valence-corrected chi connectivity index (χ2v) is 10.1. The van der Waals surface area contributed by atoms with Gasteiger partial charge in [0.1, 0.15) is 5.52 Å². The quantitative estimate of drug-likeness (QED) is 0.606. The number of nitrogens with zero attached hydrogens (tertiary/aromatic N) is 1. The average molecular weight is 426 g/mol. The number of amides is 2. The van der Waals surface area contributed by atoms with Crippen molar-refractivity contribution in [3.8, 4) is 0 Å². The standard InChI is InChI=1S/C23H27N3O3S/c1-23(2,3)15-8-9-18-14(12-15)13-19(30-18)22(28)26-25-20(27)10-11-21-24-16-6-4-5-7-17(16)29-21/h4-7,13,15H,8-12H2,1-3H3,(H,25,27)(H,26,28)/t15-/m0/s1. The number of carbonyl (C=O) groups excluding carboxylic acids is 2. The predicted octanol–water partition coefficient (Wildman–Crippen LogP) is 4.43. The minimum absolute atomic E-state index is 0.182. The summed E-state index contributed by atoms with van der Waals surface area (Å²) < 4.78 is 5.62. The topological polar surface area (TPSA) is 84.2 Å². The fraction of sp³-hybridized carbons (Fsp3) is 0.435. The number of oxazole rings is 1. The molecule has 1 atom stereocenters. The van der Waals surface area contributed by atoms with Crippen molar-refractivity contribution in [2.75, 3.05) is 0 Å². The highest BCUT2D eigenvalue weighted by molar-refractivity contribution is 7.14. The Hall–Kier alpha value is -2.67. The number of fused-ring (bicyclic) bond motifs is 2. The van der Waals surface area contributed by atoms with Crippen LogP contribution < -0.4 is 10.9 Å². The fourth-order valence-corrected chi connectivity index (χ4v) is 4.98. The van der Waals surface area contributed by atoms with E-state index in [0.717, 1.165) is 24.8 Å². The van der Waals surface area contributed by atoms with E-state index in [-0.39, 0.29) is 23.7 Å². The monoisotopic (exact) mass is 425 g/mol. The number of aromatic nitrogens is 1. The first-order chi connectivity index (χ1) is 14.3. The van der Waals surface area contributed by atoms with E-state index in [1.54, 1.807) is 0 Å². The second kappa shape index (κ2) is 8.22. The number of benzene rings is 1. The highest BCUT2D eigenvalue weighted by atomic mass is 32.1. The molecule has 2 heterocycles. The van der Waals surface area contributed by atoms with Gasteiger partial charge in [-0.05, 0) is 54.4 Å². The van der Waals surface area contributed by atoms with Crippen LogP contribution in [-0.4, -0.2) is 16.8 Å². The van der Waals surface area contributed by atoms with Crippen LogP contribution in [0.25, 0.3) is 11.1 Å². The van der Waals surface area contributed by atoms with Crippen LogP contribution in [-0.2, 0) is 24.1 Å². The zero-order chi connectivity index (χ0) is 21.3. The van der Waals surface area contributed by atoms with Gasteiger partial charge >= 0.3 is 0 Å². The molecule has 3 aromatic rings. The highest BCUT2D eigenvalue weighted by Gasteiger charge is 2.30. The van der Waals surface area contributed by atoms with Gasteiger partial charge in [-0.25, -0.2) is 4.98 Å². The Morgan fingerprint density at radius 1 is 1.23 bits per heavy atom. The number of rotatable bonds is 4. The Bertz CT molecular complexity index is 1040. The van der Waals surface area contributed by atoms with Crippen LogP contribution in [0.15, 0.2) is 34.7 Å². The molecule has 1 aliphatic carbocycles. The summed E-state index contributed by atoms with van der Waals surface area (Å²) in [4.78, 5) is 30.9.